The van der Waals surface area contributed by atoms with Crippen LogP contribution < -0.4 is 5.32 Å². The topological polar surface area (TPSA) is 64.7 Å². The van der Waals surface area contributed by atoms with E-state index in [0.717, 1.165) is 10.2 Å². The van der Waals surface area contributed by atoms with E-state index in [1.807, 2.05) is 18.2 Å². The van der Waals surface area contributed by atoms with Crippen molar-refractivity contribution in [3.05, 3.63) is 61.4 Å². The van der Waals surface area contributed by atoms with Gasteiger partial charge < -0.3 is 5.32 Å². The predicted molar refractivity (Wildman–Crippen MR) is 113 cm³/mol. The highest BCUT2D eigenvalue weighted by Crippen LogP contribution is 2.35. The maximum Gasteiger partial charge on any atom is 0.436 e. The summed E-state index contributed by atoms with van der Waals surface area (Å²) in [5.74, 6) is -0.0975. The zero-order valence-electron chi connectivity index (χ0n) is 15.5. The van der Waals surface area contributed by atoms with Crippen molar-refractivity contribution in [3.8, 4) is 0 Å². The molecule has 0 bridgehead atoms. The molecule has 3 rings (SSSR count). The van der Waals surface area contributed by atoms with Crippen LogP contribution in [0.4, 0.5) is 19.0 Å². The quantitative estimate of drug-likeness (QED) is 0.417. The van der Waals surface area contributed by atoms with Crippen molar-refractivity contribution in [2.75, 3.05) is 5.32 Å². The summed E-state index contributed by atoms with van der Waals surface area (Å²) in [6.07, 6.45) is -2.95. The number of carbonyl (C=O) groups is 1. The summed E-state index contributed by atoms with van der Waals surface area (Å²) in [5.41, 5.74) is 0.147. The Morgan fingerprint density at radius 1 is 1.23 bits per heavy atom. The number of rotatable bonds is 6. The van der Waals surface area contributed by atoms with Gasteiger partial charge in [0.25, 0.3) is 0 Å². The summed E-state index contributed by atoms with van der Waals surface area (Å²) < 4.78 is 42.0. The van der Waals surface area contributed by atoms with E-state index in [4.69, 9.17) is 11.6 Å². The summed E-state index contributed by atoms with van der Waals surface area (Å²) in [7, 11) is 0. The van der Waals surface area contributed by atoms with Gasteiger partial charge in [-0.25, -0.2) is 0 Å². The molecular formula is C18H15Br2ClF3N5O. The molecule has 0 unspecified atom stereocenters. The van der Waals surface area contributed by atoms with Crippen molar-refractivity contribution in [2.45, 2.75) is 32.6 Å². The lowest BCUT2D eigenvalue weighted by Crippen LogP contribution is -2.17. The van der Waals surface area contributed by atoms with Gasteiger partial charge in [0.2, 0.25) is 5.91 Å². The minimum absolute atomic E-state index is 0.00963. The van der Waals surface area contributed by atoms with E-state index < -0.39 is 17.8 Å². The molecule has 0 spiro atoms. The van der Waals surface area contributed by atoms with E-state index in [-0.39, 0.29) is 17.4 Å². The molecule has 2 heterocycles. The fraction of sp³-hybridized carbons (Fsp3) is 0.278. The van der Waals surface area contributed by atoms with Crippen molar-refractivity contribution in [2.24, 2.45) is 0 Å². The molecule has 0 aliphatic rings. The second-order valence-corrected chi connectivity index (χ2v) is 8.44. The van der Waals surface area contributed by atoms with E-state index >= 15 is 0 Å². The lowest BCUT2D eigenvalue weighted by atomic mass is 10.2. The normalized spacial score (nSPS) is 11.7. The Kier molecular flexibility index (Phi) is 6.93. The lowest BCUT2D eigenvalue weighted by molar-refractivity contribution is -0.142. The number of aryl methyl sites for hydroxylation is 1. The number of benzene rings is 1. The van der Waals surface area contributed by atoms with Gasteiger partial charge in [-0.15, -0.1) is 0 Å². The molecule has 3 aromatic rings. The molecule has 1 aromatic carbocycles. The molecule has 0 fully saturated rings. The molecule has 0 aliphatic carbocycles. The number of hydrogen-bond acceptors (Lipinski definition) is 3. The van der Waals surface area contributed by atoms with Gasteiger partial charge in [0.1, 0.15) is 0 Å². The smallest absolute Gasteiger partial charge is 0.308 e. The number of carbonyl (C=O) groups excluding carboxylic acids is 1. The number of alkyl halides is 3. The summed E-state index contributed by atoms with van der Waals surface area (Å²) in [5, 5.41) is 11.1. The summed E-state index contributed by atoms with van der Waals surface area (Å²) in [4.78, 5) is 12.3. The van der Waals surface area contributed by atoms with Crippen molar-refractivity contribution in [1.29, 1.82) is 0 Å². The van der Waals surface area contributed by atoms with Gasteiger partial charge in [0, 0.05) is 17.6 Å². The van der Waals surface area contributed by atoms with Crippen LogP contribution in [0.2, 0.25) is 5.02 Å². The van der Waals surface area contributed by atoms with Crippen LogP contribution in [-0.4, -0.2) is 25.5 Å². The maximum absolute atomic E-state index is 12.9. The van der Waals surface area contributed by atoms with Gasteiger partial charge in [0.15, 0.2) is 11.5 Å². The molecular weight excluding hydrogens is 554 g/mol. The Morgan fingerprint density at radius 3 is 2.57 bits per heavy atom. The molecule has 0 atom stereocenters. The zero-order valence-corrected chi connectivity index (χ0v) is 19.4. The average molecular weight is 570 g/mol. The molecule has 2 aromatic heterocycles. The third kappa shape index (κ3) is 5.25. The summed E-state index contributed by atoms with van der Waals surface area (Å²) in [6, 6.07) is 7.34. The van der Waals surface area contributed by atoms with Gasteiger partial charge in [-0.2, -0.15) is 23.4 Å². The summed E-state index contributed by atoms with van der Waals surface area (Å²) >= 11 is 12.4. The fourth-order valence-electron chi connectivity index (χ4n) is 2.69. The van der Waals surface area contributed by atoms with E-state index in [9.17, 15) is 18.0 Å². The number of nitrogens with zero attached hydrogens (tertiary/aromatic N) is 4. The molecule has 0 radical (unpaired) electrons. The number of nitrogens with one attached hydrogen (secondary N) is 1. The number of aromatic nitrogens is 4. The predicted octanol–water partition coefficient (Wildman–Crippen LogP) is 5.66. The number of halogens is 6. The Hall–Kier alpha value is -1.85. The van der Waals surface area contributed by atoms with Gasteiger partial charge in [-0.1, -0.05) is 29.8 Å². The monoisotopic (exact) mass is 567 g/mol. The third-order valence-electron chi connectivity index (χ3n) is 4.22. The molecule has 0 aliphatic heterocycles. The Balaban J connectivity index is 1.63. The lowest BCUT2D eigenvalue weighted by Gasteiger charge is -2.06. The van der Waals surface area contributed by atoms with E-state index in [0.29, 0.717) is 27.6 Å². The number of amides is 1. The van der Waals surface area contributed by atoms with Crippen LogP contribution in [0.15, 0.2) is 39.4 Å². The van der Waals surface area contributed by atoms with Crippen LogP contribution in [0.25, 0.3) is 0 Å². The van der Waals surface area contributed by atoms with E-state index in [1.54, 1.807) is 16.9 Å². The van der Waals surface area contributed by atoms with Crippen molar-refractivity contribution in [3.63, 3.8) is 0 Å². The Morgan fingerprint density at radius 2 is 1.93 bits per heavy atom. The average Bonchev–Trinajstić information content (AvgIpc) is 3.15. The molecule has 30 heavy (non-hydrogen) atoms. The molecule has 160 valence electrons. The molecule has 0 saturated heterocycles. The highest BCUT2D eigenvalue weighted by molar-refractivity contribution is 9.11. The molecule has 1 N–H and O–H groups in total. The van der Waals surface area contributed by atoms with Crippen LogP contribution in [0.3, 0.4) is 0 Å². The Labute approximate surface area is 191 Å². The molecule has 6 nitrogen and oxygen atoms in total. The van der Waals surface area contributed by atoms with Crippen LogP contribution in [0.5, 0.6) is 0 Å². The summed E-state index contributed by atoms with van der Waals surface area (Å²) in [6.45, 7) is 1.90. The molecule has 0 saturated carbocycles. The maximum atomic E-state index is 12.9. The second kappa shape index (κ2) is 9.11. The molecule has 1 amide bonds. The van der Waals surface area contributed by atoms with E-state index in [1.165, 1.54) is 6.92 Å². The van der Waals surface area contributed by atoms with Gasteiger partial charge >= 0.3 is 6.18 Å². The van der Waals surface area contributed by atoms with Gasteiger partial charge in [-0.05, 0) is 50.4 Å². The third-order valence-corrected chi connectivity index (χ3v) is 6.12. The minimum Gasteiger partial charge on any atom is -0.308 e. The van der Waals surface area contributed by atoms with Gasteiger partial charge in [-0.3, -0.25) is 14.2 Å². The highest BCUT2D eigenvalue weighted by Gasteiger charge is 2.37. The molecule has 12 heteroatoms. The van der Waals surface area contributed by atoms with Crippen molar-refractivity contribution < 1.29 is 18.0 Å². The fourth-order valence-corrected chi connectivity index (χ4v) is 3.81. The SMILES string of the molecule is Cc1c(Br)c(C(F)(F)F)nn1CCC(=O)Nc1nn(Cc2ccccc2Cl)cc1Br. The first kappa shape index (κ1) is 22.8. The Bertz CT molecular complexity index is 1080. The van der Waals surface area contributed by atoms with Gasteiger partial charge in [0.05, 0.1) is 27.7 Å². The van der Waals surface area contributed by atoms with E-state index in [2.05, 4.69) is 47.4 Å². The second-order valence-electron chi connectivity index (χ2n) is 6.38. The first-order valence-corrected chi connectivity index (χ1v) is 10.6. The number of anilines is 1. The van der Waals surface area contributed by atoms with Crippen molar-refractivity contribution >= 4 is 55.2 Å². The highest BCUT2D eigenvalue weighted by atomic mass is 79.9. The minimum atomic E-state index is -4.57. The standard InChI is InChI=1S/C18H15Br2ClF3N5O/c1-10-15(20)16(18(22,23)24)26-29(10)7-6-14(30)25-17-12(19)9-28(27-17)8-11-4-2-3-5-13(11)21/h2-5,9H,6-8H2,1H3,(H,25,27,30). The van der Waals surface area contributed by atoms with Crippen molar-refractivity contribution in [1.82, 2.24) is 19.6 Å². The van der Waals surface area contributed by atoms with Crippen LogP contribution in [0, 0.1) is 6.92 Å². The largest absolute Gasteiger partial charge is 0.436 e. The number of hydrogen-bond donors (Lipinski definition) is 1. The van der Waals surface area contributed by atoms with Crippen LogP contribution in [-0.2, 0) is 24.1 Å². The zero-order chi connectivity index (χ0) is 22.1. The van der Waals surface area contributed by atoms with Crippen LogP contribution in [0.1, 0.15) is 23.4 Å². The van der Waals surface area contributed by atoms with Crippen LogP contribution >= 0.6 is 43.5 Å². The first-order chi connectivity index (χ1) is 14.1. The first-order valence-electron chi connectivity index (χ1n) is 8.62.